The Kier molecular flexibility index (Phi) is 3.88. The minimum absolute atomic E-state index is 0.00734. The fourth-order valence-electron chi connectivity index (χ4n) is 1.99. The first-order chi connectivity index (χ1) is 9.47. The zero-order valence-corrected chi connectivity index (χ0v) is 10.5. The molecule has 0 saturated carbocycles. The number of carbonyl (C=O) groups excluding carboxylic acids is 1. The molecule has 1 aliphatic heterocycles. The number of nitrogens with zero attached hydrogens (tertiary/aromatic N) is 1. The van der Waals surface area contributed by atoms with Gasteiger partial charge in [-0.1, -0.05) is 0 Å². The van der Waals surface area contributed by atoms with Crippen molar-refractivity contribution >= 4 is 23.5 Å². The third kappa shape index (κ3) is 3.05. The van der Waals surface area contributed by atoms with Crippen molar-refractivity contribution in [2.45, 2.75) is 6.42 Å². The van der Waals surface area contributed by atoms with Crippen LogP contribution in [-0.2, 0) is 14.4 Å². The van der Waals surface area contributed by atoms with E-state index in [1.165, 1.54) is 4.90 Å². The SMILES string of the molecule is O=C(O)COc1ccc(N2C[C@H](C(=O)O)CC2=O)cc1. The number of anilines is 1. The van der Waals surface area contributed by atoms with Crippen molar-refractivity contribution in [1.82, 2.24) is 0 Å². The van der Waals surface area contributed by atoms with E-state index in [0.29, 0.717) is 11.4 Å². The average Bonchev–Trinajstić information content (AvgIpc) is 2.79. The van der Waals surface area contributed by atoms with Crippen LogP contribution < -0.4 is 9.64 Å². The minimum Gasteiger partial charge on any atom is -0.482 e. The van der Waals surface area contributed by atoms with Crippen LogP contribution in [0.4, 0.5) is 5.69 Å². The van der Waals surface area contributed by atoms with Crippen LogP contribution in [0.3, 0.4) is 0 Å². The summed E-state index contributed by atoms with van der Waals surface area (Å²) in [6, 6.07) is 6.28. The lowest BCUT2D eigenvalue weighted by atomic mass is 10.1. The standard InChI is InChI=1S/C13H13NO6/c15-11-5-8(13(18)19)6-14(11)9-1-3-10(4-2-9)20-7-12(16)17/h1-4,8H,5-7H2,(H,16,17)(H,18,19)/t8-/m1/s1. The summed E-state index contributed by atoms with van der Waals surface area (Å²) in [5.74, 6) is -2.62. The summed E-state index contributed by atoms with van der Waals surface area (Å²) in [5.41, 5.74) is 0.571. The molecule has 7 nitrogen and oxygen atoms in total. The van der Waals surface area contributed by atoms with E-state index in [-0.39, 0.29) is 18.9 Å². The summed E-state index contributed by atoms with van der Waals surface area (Å²) < 4.78 is 4.97. The zero-order valence-electron chi connectivity index (χ0n) is 10.5. The van der Waals surface area contributed by atoms with Crippen molar-refractivity contribution in [3.05, 3.63) is 24.3 Å². The van der Waals surface area contributed by atoms with Gasteiger partial charge in [-0.15, -0.1) is 0 Å². The molecule has 1 atom stereocenters. The Labute approximate surface area is 114 Å². The first-order valence-corrected chi connectivity index (χ1v) is 5.95. The van der Waals surface area contributed by atoms with Crippen LogP contribution in [0.2, 0.25) is 0 Å². The van der Waals surface area contributed by atoms with Gasteiger partial charge in [0.05, 0.1) is 5.92 Å². The first-order valence-electron chi connectivity index (χ1n) is 5.95. The number of aliphatic carboxylic acids is 2. The van der Waals surface area contributed by atoms with Gasteiger partial charge in [-0.05, 0) is 24.3 Å². The number of carbonyl (C=O) groups is 3. The number of ether oxygens (including phenoxy) is 1. The third-order valence-electron chi connectivity index (χ3n) is 2.98. The predicted molar refractivity (Wildman–Crippen MR) is 67.7 cm³/mol. The predicted octanol–water partition coefficient (Wildman–Crippen LogP) is 0.587. The maximum atomic E-state index is 11.7. The summed E-state index contributed by atoms with van der Waals surface area (Å²) in [6.07, 6.45) is -0.00734. The van der Waals surface area contributed by atoms with Crippen LogP contribution in [0.25, 0.3) is 0 Å². The third-order valence-corrected chi connectivity index (χ3v) is 2.98. The van der Waals surface area contributed by atoms with Crippen molar-refractivity contribution in [1.29, 1.82) is 0 Å². The van der Waals surface area contributed by atoms with Crippen molar-refractivity contribution in [2.75, 3.05) is 18.1 Å². The molecule has 0 spiro atoms. The van der Waals surface area contributed by atoms with Gasteiger partial charge >= 0.3 is 11.9 Å². The summed E-state index contributed by atoms with van der Waals surface area (Å²) in [7, 11) is 0. The molecule has 0 aliphatic carbocycles. The summed E-state index contributed by atoms with van der Waals surface area (Å²) >= 11 is 0. The number of rotatable bonds is 5. The van der Waals surface area contributed by atoms with Gasteiger partial charge in [-0.3, -0.25) is 9.59 Å². The topological polar surface area (TPSA) is 104 Å². The van der Waals surface area contributed by atoms with Gasteiger partial charge in [-0.2, -0.15) is 0 Å². The van der Waals surface area contributed by atoms with Gasteiger partial charge in [0, 0.05) is 18.7 Å². The zero-order chi connectivity index (χ0) is 14.7. The lowest BCUT2D eigenvalue weighted by Gasteiger charge is -2.16. The molecule has 7 heteroatoms. The largest absolute Gasteiger partial charge is 0.482 e. The molecule has 1 amide bonds. The number of carboxylic acids is 2. The lowest BCUT2D eigenvalue weighted by molar-refractivity contribution is -0.141. The molecule has 1 saturated heterocycles. The van der Waals surface area contributed by atoms with Gasteiger partial charge in [0.1, 0.15) is 5.75 Å². The number of hydrogen-bond donors (Lipinski definition) is 2. The highest BCUT2D eigenvalue weighted by Crippen LogP contribution is 2.26. The van der Waals surface area contributed by atoms with E-state index in [1.54, 1.807) is 24.3 Å². The van der Waals surface area contributed by atoms with Gasteiger partial charge in [-0.25, -0.2) is 4.79 Å². The summed E-state index contributed by atoms with van der Waals surface area (Å²) in [5, 5.41) is 17.4. The van der Waals surface area contributed by atoms with E-state index in [9.17, 15) is 14.4 Å². The van der Waals surface area contributed by atoms with E-state index < -0.39 is 24.5 Å². The van der Waals surface area contributed by atoms with Crippen LogP contribution in [0, 0.1) is 5.92 Å². The van der Waals surface area contributed by atoms with E-state index in [0.717, 1.165) is 0 Å². The second-order valence-corrected chi connectivity index (χ2v) is 4.42. The van der Waals surface area contributed by atoms with Crippen LogP contribution >= 0.6 is 0 Å². The number of carboxylic acid groups (broad SMARTS) is 2. The molecule has 1 aliphatic rings. The second-order valence-electron chi connectivity index (χ2n) is 4.42. The molecule has 1 aromatic carbocycles. The number of hydrogen-bond acceptors (Lipinski definition) is 4. The fraction of sp³-hybridized carbons (Fsp3) is 0.308. The molecular formula is C13H13NO6. The van der Waals surface area contributed by atoms with Crippen molar-refractivity contribution < 1.29 is 29.3 Å². The highest BCUT2D eigenvalue weighted by molar-refractivity contribution is 5.99. The molecule has 20 heavy (non-hydrogen) atoms. The second kappa shape index (κ2) is 5.60. The Morgan fingerprint density at radius 1 is 1.25 bits per heavy atom. The Morgan fingerprint density at radius 3 is 2.40 bits per heavy atom. The maximum absolute atomic E-state index is 11.7. The molecule has 106 valence electrons. The lowest BCUT2D eigenvalue weighted by Crippen LogP contribution is -2.25. The monoisotopic (exact) mass is 279 g/mol. The smallest absolute Gasteiger partial charge is 0.341 e. The average molecular weight is 279 g/mol. The van der Waals surface area contributed by atoms with Crippen LogP contribution in [0.1, 0.15) is 6.42 Å². The quantitative estimate of drug-likeness (QED) is 0.817. The Morgan fingerprint density at radius 2 is 1.90 bits per heavy atom. The molecule has 0 aromatic heterocycles. The number of amides is 1. The molecular weight excluding hydrogens is 266 g/mol. The van der Waals surface area contributed by atoms with Gasteiger partial charge in [0.2, 0.25) is 5.91 Å². The van der Waals surface area contributed by atoms with Crippen LogP contribution in [-0.4, -0.2) is 41.2 Å². The molecule has 1 heterocycles. The minimum atomic E-state index is -1.08. The number of benzene rings is 1. The highest BCUT2D eigenvalue weighted by Gasteiger charge is 2.34. The van der Waals surface area contributed by atoms with Gasteiger partial charge < -0.3 is 19.8 Å². The summed E-state index contributed by atoms with van der Waals surface area (Å²) in [6.45, 7) is -0.299. The van der Waals surface area contributed by atoms with Gasteiger partial charge in [0.15, 0.2) is 6.61 Å². The Hall–Kier alpha value is -2.57. The van der Waals surface area contributed by atoms with E-state index in [4.69, 9.17) is 14.9 Å². The van der Waals surface area contributed by atoms with E-state index in [2.05, 4.69) is 0 Å². The molecule has 2 N–H and O–H groups in total. The van der Waals surface area contributed by atoms with Crippen LogP contribution in [0.15, 0.2) is 24.3 Å². The van der Waals surface area contributed by atoms with Gasteiger partial charge in [0.25, 0.3) is 0 Å². The molecule has 2 rings (SSSR count). The molecule has 1 fully saturated rings. The van der Waals surface area contributed by atoms with Crippen molar-refractivity contribution in [2.24, 2.45) is 5.92 Å². The fourth-order valence-corrected chi connectivity index (χ4v) is 1.99. The van der Waals surface area contributed by atoms with Crippen LogP contribution in [0.5, 0.6) is 5.75 Å². The van der Waals surface area contributed by atoms with Crippen molar-refractivity contribution in [3.63, 3.8) is 0 Å². The Balaban J connectivity index is 2.05. The normalized spacial score (nSPS) is 18.1. The van der Waals surface area contributed by atoms with Crippen molar-refractivity contribution in [3.8, 4) is 5.75 Å². The molecule has 0 radical (unpaired) electrons. The molecule has 0 bridgehead atoms. The highest BCUT2D eigenvalue weighted by atomic mass is 16.5. The molecule has 1 aromatic rings. The maximum Gasteiger partial charge on any atom is 0.341 e. The first kappa shape index (κ1) is 13.9. The van der Waals surface area contributed by atoms with E-state index in [1.807, 2.05) is 0 Å². The Bertz CT molecular complexity index is 538. The van der Waals surface area contributed by atoms with E-state index >= 15 is 0 Å². The molecule has 0 unspecified atom stereocenters. The summed E-state index contributed by atoms with van der Waals surface area (Å²) in [4.78, 5) is 34.4.